The average molecular weight is 407 g/mol. The first-order valence-electron chi connectivity index (χ1n) is 9.40. The Morgan fingerprint density at radius 3 is 2.76 bits per heavy atom. The summed E-state index contributed by atoms with van der Waals surface area (Å²) >= 11 is 3.56. The Kier molecular flexibility index (Phi) is 4.57. The average Bonchev–Trinajstić information content (AvgIpc) is 2.59. The van der Waals surface area contributed by atoms with Gasteiger partial charge < -0.3 is 10.1 Å². The SMILES string of the molecule is CC1(C)CCc2cc(Br)ccc2[C@@H]1NC(=O)O[C@H]1CN2CCC1CC2. The number of fused-ring (bicyclic) bond motifs is 4. The standard InChI is InChI=1S/C20H27BrN2O2/c1-20(2)8-5-14-11-15(21)3-4-16(14)18(20)22-19(24)25-17-12-23-9-6-13(17)7-10-23/h3-4,11,13,17-18H,5-10,12H2,1-2H3,(H,22,24)/t17-,18-/m0/s1. The second-order valence-corrected chi connectivity index (χ2v) is 9.41. The number of carbonyl (C=O) groups excluding carboxylic acids is 1. The molecule has 0 saturated carbocycles. The summed E-state index contributed by atoms with van der Waals surface area (Å²) in [5.41, 5.74) is 2.57. The van der Waals surface area contributed by atoms with E-state index in [-0.39, 0.29) is 23.7 Å². The van der Waals surface area contributed by atoms with Gasteiger partial charge in [-0.05, 0) is 73.4 Å². The fourth-order valence-corrected chi connectivity index (χ4v) is 5.11. The highest BCUT2D eigenvalue weighted by molar-refractivity contribution is 9.10. The van der Waals surface area contributed by atoms with Crippen LogP contribution in [0.4, 0.5) is 4.79 Å². The minimum atomic E-state index is -0.257. The molecule has 3 aliphatic heterocycles. The van der Waals surface area contributed by atoms with E-state index in [1.807, 2.05) is 0 Å². The third kappa shape index (κ3) is 3.45. The highest BCUT2D eigenvalue weighted by atomic mass is 79.9. The lowest BCUT2D eigenvalue weighted by atomic mass is 9.70. The number of nitrogens with zero attached hydrogens (tertiary/aromatic N) is 1. The number of aryl methyl sites for hydroxylation is 1. The molecule has 1 amide bonds. The topological polar surface area (TPSA) is 41.6 Å². The van der Waals surface area contributed by atoms with Crippen molar-refractivity contribution in [1.82, 2.24) is 10.2 Å². The predicted octanol–water partition coefficient (Wildman–Crippen LogP) is 4.28. The monoisotopic (exact) mass is 406 g/mol. The zero-order valence-corrected chi connectivity index (χ0v) is 16.6. The van der Waals surface area contributed by atoms with Crippen LogP contribution in [0.3, 0.4) is 0 Å². The largest absolute Gasteiger partial charge is 0.445 e. The number of halogens is 1. The lowest BCUT2D eigenvalue weighted by molar-refractivity contribution is -0.0353. The summed E-state index contributed by atoms with van der Waals surface area (Å²) in [5, 5.41) is 3.20. The van der Waals surface area contributed by atoms with E-state index in [1.54, 1.807) is 0 Å². The molecule has 136 valence electrons. The number of hydrogen-bond acceptors (Lipinski definition) is 3. The molecule has 0 radical (unpaired) electrons. The van der Waals surface area contributed by atoms with E-state index in [0.29, 0.717) is 5.92 Å². The van der Waals surface area contributed by atoms with Gasteiger partial charge in [-0.3, -0.25) is 4.90 Å². The third-order valence-corrected chi connectivity index (χ3v) is 6.85. The number of amides is 1. The van der Waals surface area contributed by atoms with Crippen molar-refractivity contribution in [3.8, 4) is 0 Å². The van der Waals surface area contributed by atoms with Crippen molar-refractivity contribution in [1.29, 1.82) is 0 Å². The van der Waals surface area contributed by atoms with Crippen molar-refractivity contribution in [3.63, 3.8) is 0 Å². The predicted molar refractivity (Wildman–Crippen MR) is 102 cm³/mol. The molecule has 0 spiro atoms. The summed E-state index contributed by atoms with van der Waals surface area (Å²) < 4.78 is 6.96. The van der Waals surface area contributed by atoms with E-state index in [0.717, 1.165) is 49.8 Å². The Hall–Kier alpha value is -1.07. The summed E-state index contributed by atoms with van der Waals surface area (Å²) in [5.74, 6) is 0.540. The fraction of sp³-hybridized carbons (Fsp3) is 0.650. The van der Waals surface area contributed by atoms with Gasteiger partial charge in [-0.2, -0.15) is 0 Å². The fourth-order valence-electron chi connectivity index (χ4n) is 4.70. The van der Waals surface area contributed by atoms with Crippen LogP contribution < -0.4 is 5.32 Å². The molecule has 0 unspecified atom stereocenters. The molecule has 1 N–H and O–H groups in total. The molecule has 1 aromatic rings. The second kappa shape index (κ2) is 6.58. The van der Waals surface area contributed by atoms with Crippen molar-refractivity contribution < 1.29 is 9.53 Å². The number of hydrogen-bond donors (Lipinski definition) is 1. The van der Waals surface area contributed by atoms with E-state index in [2.05, 4.69) is 58.2 Å². The van der Waals surface area contributed by atoms with Crippen LogP contribution in [0.5, 0.6) is 0 Å². The zero-order valence-electron chi connectivity index (χ0n) is 15.1. The van der Waals surface area contributed by atoms with Crippen LogP contribution in [0.25, 0.3) is 0 Å². The third-order valence-electron chi connectivity index (χ3n) is 6.35. The normalized spacial score (nSPS) is 32.8. The number of carbonyl (C=O) groups is 1. The Morgan fingerprint density at radius 1 is 1.32 bits per heavy atom. The quantitative estimate of drug-likeness (QED) is 0.796. The van der Waals surface area contributed by atoms with Gasteiger partial charge in [0.05, 0.1) is 6.04 Å². The number of nitrogens with one attached hydrogen (secondary N) is 1. The van der Waals surface area contributed by atoms with Crippen LogP contribution in [0.2, 0.25) is 0 Å². The van der Waals surface area contributed by atoms with Crippen LogP contribution in [-0.4, -0.2) is 36.7 Å². The van der Waals surface area contributed by atoms with E-state index in [1.165, 1.54) is 11.1 Å². The summed E-state index contributed by atoms with van der Waals surface area (Å²) in [6.45, 7) is 7.68. The van der Waals surface area contributed by atoms with Crippen molar-refractivity contribution in [2.24, 2.45) is 11.3 Å². The maximum Gasteiger partial charge on any atom is 0.407 e. The maximum atomic E-state index is 12.7. The molecule has 5 heteroatoms. The Balaban J connectivity index is 1.48. The van der Waals surface area contributed by atoms with Crippen molar-refractivity contribution in [2.75, 3.05) is 19.6 Å². The highest BCUT2D eigenvalue weighted by Gasteiger charge is 2.40. The molecule has 2 bridgehead atoms. The maximum absolute atomic E-state index is 12.7. The van der Waals surface area contributed by atoms with Crippen molar-refractivity contribution in [2.45, 2.75) is 51.7 Å². The van der Waals surface area contributed by atoms with Gasteiger partial charge in [-0.25, -0.2) is 4.79 Å². The molecule has 2 atom stereocenters. The zero-order chi connectivity index (χ0) is 17.6. The Bertz CT molecular complexity index is 668. The van der Waals surface area contributed by atoms with Crippen LogP contribution in [-0.2, 0) is 11.2 Å². The summed E-state index contributed by atoms with van der Waals surface area (Å²) in [7, 11) is 0. The van der Waals surface area contributed by atoms with E-state index in [4.69, 9.17) is 4.74 Å². The van der Waals surface area contributed by atoms with E-state index >= 15 is 0 Å². The lowest BCUT2D eigenvalue weighted by Gasteiger charge is -2.44. The first kappa shape index (κ1) is 17.3. The van der Waals surface area contributed by atoms with Gasteiger partial charge in [0.15, 0.2) is 0 Å². The molecule has 25 heavy (non-hydrogen) atoms. The van der Waals surface area contributed by atoms with Gasteiger partial charge in [0.1, 0.15) is 6.10 Å². The number of benzene rings is 1. The van der Waals surface area contributed by atoms with E-state index < -0.39 is 0 Å². The van der Waals surface area contributed by atoms with Gasteiger partial charge in [0.25, 0.3) is 0 Å². The van der Waals surface area contributed by atoms with Crippen LogP contribution in [0, 0.1) is 11.3 Å². The Morgan fingerprint density at radius 2 is 2.08 bits per heavy atom. The van der Waals surface area contributed by atoms with Crippen molar-refractivity contribution >= 4 is 22.0 Å². The molecular weight excluding hydrogens is 380 g/mol. The number of rotatable bonds is 2. The molecule has 3 saturated heterocycles. The molecular formula is C20H27BrN2O2. The number of alkyl carbamates (subject to hydrolysis) is 1. The minimum Gasteiger partial charge on any atom is -0.445 e. The Labute approximate surface area is 158 Å². The molecule has 1 aromatic carbocycles. The molecule has 1 aliphatic carbocycles. The lowest BCUT2D eigenvalue weighted by Crippen LogP contribution is -2.53. The minimum absolute atomic E-state index is 0.00191. The summed E-state index contributed by atoms with van der Waals surface area (Å²) in [6, 6.07) is 6.38. The van der Waals surface area contributed by atoms with Crippen molar-refractivity contribution in [3.05, 3.63) is 33.8 Å². The van der Waals surface area contributed by atoms with Gasteiger partial charge in [-0.1, -0.05) is 35.8 Å². The van der Waals surface area contributed by atoms with Crippen LogP contribution >= 0.6 is 15.9 Å². The smallest absolute Gasteiger partial charge is 0.407 e. The molecule has 0 aromatic heterocycles. The van der Waals surface area contributed by atoms with E-state index in [9.17, 15) is 4.79 Å². The molecule has 3 fully saturated rings. The van der Waals surface area contributed by atoms with Gasteiger partial charge in [-0.15, -0.1) is 0 Å². The van der Waals surface area contributed by atoms with Crippen LogP contribution in [0.15, 0.2) is 22.7 Å². The molecule has 4 aliphatic rings. The van der Waals surface area contributed by atoms with Crippen LogP contribution in [0.1, 0.15) is 50.3 Å². The number of ether oxygens (including phenoxy) is 1. The molecule has 3 heterocycles. The molecule has 5 rings (SSSR count). The van der Waals surface area contributed by atoms with Gasteiger partial charge in [0, 0.05) is 11.0 Å². The second-order valence-electron chi connectivity index (χ2n) is 8.49. The first-order chi connectivity index (χ1) is 11.9. The summed E-state index contributed by atoms with van der Waals surface area (Å²) in [4.78, 5) is 15.1. The van der Waals surface area contributed by atoms with Gasteiger partial charge in [0.2, 0.25) is 0 Å². The van der Waals surface area contributed by atoms with Gasteiger partial charge >= 0.3 is 6.09 Å². The summed E-state index contributed by atoms with van der Waals surface area (Å²) in [6.07, 6.45) is 4.22. The molecule has 4 nitrogen and oxygen atoms in total. The first-order valence-corrected chi connectivity index (χ1v) is 10.2. The number of piperidine rings is 3. The highest BCUT2D eigenvalue weighted by Crippen LogP contribution is 2.44.